The van der Waals surface area contributed by atoms with Crippen LogP contribution in [0.4, 0.5) is 8.78 Å². The van der Waals surface area contributed by atoms with Gasteiger partial charge >= 0.3 is 0 Å². The lowest BCUT2D eigenvalue weighted by Crippen LogP contribution is -2.45. The van der Waals surface area contributed by atoms with E-state index in [9.17, 15) is 13.9 Å². The number of allylic oxidation sites excluding steroid dienone is 3. The fourth-order valence-corrected chi connectivity index (χ4v) is 2.18. The molecule has 0 aliphatic heterocycles. The quantitative estimate of drug-likeness (QED) is 0.404. The fourth-order valence-electron chi connectivity index (χ4n) is 2.18. The van der Waals surface area contributed by atoms with Gasteiger partial charge in [-0.25, -0.2) is 8.78 Å². The Kier molecular flexibility index (Phi) is 10.2. The van der Waals surface area contributed by atoms with Crippen molar-refractivity contribution in [2.75, 3.05) is 19.7 Å². The van der Waals surface area contributed by atoms with Crippen molar-refractivity contribution in [3.05, 3.63) is 54.1 Å². The Bertz CT molecular complexity index is 592. The molecule has 0 aliphatic carbocycles. The number of rotatable bonds is 11. The minimum absolute atomic E-state index is 0.0375. The predicted octanol–water partition coefficient (Wildman–Crippen LogP) is 3.56. The first-order chi connectivity index (χ1) is 12.7. The smallest absolute Gasteiger partial charge is 0.129 e. The van der Waals surface area contributed by atoms with Crippen molar-refractivity contribution in [2.24, 2.45) is 11.1 Å². The number of nitrogens with one attached hydrogen (secondary N) is 1. The maximum Gasteiger partial charge on any atom is 0.129 e. The Morgan fingerprint density at radius 3 is 2.41 bits per heavy atom. The zero-order chi connectivity index (χ0) is 20.3. The highest BCUT2D eigenvalue weighted by Crippen LogP contribution is 2.18. The van der Waals surface area contributed by atoms with Crippen molar-refractivity contribution in [2.45, 2.75) is 45.8 Å². The maximum atomic E-state index is 13.1. The van der Waals surface area contributed by atoms with E-state index in [1.807, 2.05) is 12.2 Å². The molecular weight excluding hydrogens is 350 g/mol. The Labute approximate surface area is 161 Å². The molecule has 0 aromatic heterocycles. The second-order valence-corrected chi connectivity index (χ2v) is 7.76. The molecule has 6 heteroatoms. The molecule has 1 rings (SSSR count). The van der Waals surface area contributed by atoms with E-state index in [4.69, 9.17) is 10.5 Å². The molecule has 0 radical (unpaired) electrons. The van der Waals surface area contributed by atoms with Crippen LogP contribution in [0, 0.1) is 17.0 Å². The van der Waals surface area contributed by atoms with Crippen molar-refractivity contribution >= 4 is 0 Å². The SMILES string of the molecule is CC(C)(C)CC=CC=CCCNCC(O)C(N)COc1cc(F)cc(F)c1. The van der Waals surface area contributed by atoms with Gasteiger partial charge in [0.2, 0.25) is 0 Å². The molecule has 1 aromatic carbocycles. The number of ether oxygens (including phenoxy) is 1. The Morgan fingerprint density at radius 2 is 1.78 bits per heavy atom. The summed E-state index contributed by atoms with van der Waals surface area (Å²) in [7, 11) is 0. The Hall–Kier alpha value is -1.76. The van der Waals surface area contributed by atoms with Gasteiger partial charge < -0.3 is 20.9 Å². The predicted molar refractivity (Wildman–Crippen MR) is 106 cm³/mol. The monoisotopic (exact) mass is 382 g/mol. The van der Waals surface area contributed by atoms with Crippen LogP contribution >= 0.6 is 0 Å². The van der Waals surface area contributed by atoms with Crippen molar-refractivity contribution in [1.29, 1.82) is 0 Å². The van der Waals surface area contributed by atoms with Gasteiger partial charge in [-0.2, -0.15) is 0 Å². The number of hydrogen-bond donors (Lipinski definition) is 3. The molecule has 0 amide bonds. The average Bonchev–Trinajstić information content (AvgIpc) is 2.56. The lowest BCUT2D eigenvalue weighted by atomic mass is 9.92. The third-order valence-electron chi connectivity index (χ3n) is 3.73. The van der Waals surface area contributed by atoms with Gasteiger partial charge in [0.1, 0.15) is 24.0 Å². The Balaban J connectivity index is 2.17. The molecule has 0 spiro atoms. The van der Waals surface area contributed by atoms with Crippen LogP contribution in [0.25, 0.3) is 0 Å². The lowest BCUT2D eigenvalue weighted by Gasteiger charge is -2.19. The van der Waals surface area contributed by atoms with Crippen LogP contribution < -0.4 is 15.8 Å². The van der Waals surface area contributed by atoms with E-state index in [2.05, 4.69) is 38.2 Å². The van der Waals surface area contributed by atoms with Gasteiger partial charge in [0.15, 0.2) is 0 Å². The standard InChI is InChI=1S/C21H32F2N2O2/c1-21(2,3)9-7-5-4-6-8-10-25-14-20(26)19(24)15-27-18-12-16(22)11-17(23)13-18/h4-7,11-13,19-20,25-26H,8-10,14-15,24H2,1-3H3. The van der Waals surface area contributed by atoms with Crippen molar-refractivity contribution in [1.82, 2.24) is 5.32 Å². The van der Waals surface area contributed by atoms with E-state index >= 15 is 0 Å². The van der Waals surface area contributed by atoms with Gasteiger partial charge in [0, 0.05) is 24.7 Å². The van der Waals surface area contributed by atoms with E-state index in [0.717, 1.165) is 31.0 Å². The van der Waals surface area contributed by atoms with Crippen molar-refractivity contribution in [3.8, 4) is 5.75 Å². The van der Waals surface area contributed by atoms with E-state index in [-0.39, 0.29) is 12.4 Å². The summed E-state index contributed by atoms with van der Waals surface area (Å²) >= 11 is 0. The minimum atomic E-state index is -0.820. The first-order valence-electron chi connectivity index (χ1n) is 9.22. The minimum Gasteiger partial charge on any atom is -0.492 e. The first-order valence-corrected chi connectivity index (χ1v) is 9.22. The van der Waals surface area contributed by atoms with Crippen LogP contribution in [-0.4, -0.2) is 36.9 Å². The average molecular weight is 382 g/mol. The van der Waals surface area contributed by atoms with Crippen LogP contribution in [0.5, 0.6) is 5.75 Å². The van der Waals surface area contributed by atoms with Gasteiger partial charge in [-0.15, -0.1) is 0 Å². The molecule has 4 N–H and O–H groups in total. The molecule has 4 nitrogen and oxygen atoms in total. The first kappa shape index (κ1) is 23.3. The third-order valence-corrected chi connectivity index (χ3v) is 3.73. The number of halogens is 2. The van der Waals surface area contributed by atoms with E-state index in [1.54, 1.807) is 0 Å². The highest BCUT2D eigenvalue weighted by Gasteiger charge is 2.15. The van der Waals surface area contributed by atoms with Gasteiger partial charge in [-0.3, -0.25) is 0 Å². The van der Waals surface area contributed by atoms with Crippen molar-refractivity contribution < 1.29 is 18.6 Å². The third kappa shape index (κ3) is 11.5. The van der Waals surface area contributed by atoms with E-state index in [0.29, 0.717) is 18.5 Å². The zero-order valence-electron chi connectivity index (χ0n) is 16.4. The molecule has 1 aromatic rings. The summed E-state index contributed by atoms with van der Waals surface area (Å²) in [5, 5.41) is 13.1. The number of aliphatic hydroxyl groups is 1. The zero-order valence-corrected chi connectivity index (χ0v) is 16.4. The highest BCUT2D eigenvalue weighted by molar-refractivity contribution is 5.23. The van der Waals surface area contributed by atoms with E-state index in [1.165, 1.54) is 0 Å². The van der Waals surface area contributed by atoms with Crippen LogP contribution in [0.15, 0.2) is 42.5 Å². The molecule has 0 saturated heterocycles. The summed E-state index contributed by atoms with van der Waals surface area (Å²) in [6, 6.07) is 2.24. The van der Waals surface area contributed by atoms with Crippen LogP contribution in [0.2, 0.25) is 0 Å². The molecule has 0 saturated carbocycles. The maximum absolute atomic E-state index is 13.1. The summed E-state index contributed by atoms with van der Waals surface area (Å²) in [4.78, 5) is 0. The number of hydrogen-bond acceptors (Lipinski definition) is 4. The Morgan fingerprint density at radius 1 is 1.15 bits per heavy atom. The topological polar surface area (TPSA) is 67.5 Å². The molecular formula is C21H32F2N2O2. The molecule has 0 aliphatic rings. The van der Waals surface area contributed by atoms with Gasteiger partial charge in [-0.1, -0.05) is 45.1 Å². The molecule has 0 fully saturated rings. The molecule has 0 bridgehead atoms. The van der Waals surface area contributed by atoms with Gasteiger partial charge in [-0.05, 0) is 24.8 Å². The van der Waals surface area contributed by atoms with E-state index < -0.39 is 23.8 Å². The summed E-state index contributed by atoms with van der Waals surface area (Å²) < 4.78 is 31.4. The summed E-state index contributed by atoms with van der Waals surface area (Å²) in [5.41, 5.74) is 6.15. The highest BCUT2D eigenvalue weighted by atomic mass is 19.1. The van der Waals surface area contributed by atoms with Gasteiger partial charge in [0.05, 0.1) is 12.1 Å². The molecule has 152 valence electrons. The summed E-state index contributed by atoms with van der Waals surface area (Å²) in [6.45, 7) is 7.58. The summed E-state index contributed by atoms with van der Waals surface area (Å²) in [5.74, 6) is -1.39. The largest absolute Gasteiger partial charge is 0.492 e. The van der Waals surface area contributed by atoms with Crippen LogP contribution in [0.3, 0.4) is 0 Å². The molecule has 2 atom stereocenters. The molecule has 27 heavy (non-hydrogen) atoms. The van der Waals surface area contributed by atoms with Crippen LogP contribution in [-0.2, 0) is 0 Å². The second-order valence-electron chi connectivity index (χ2n) is 7.76. The fraction of sp³-hybridized carbons (Fsp3) is 0.524. The summed E-state index contributed by atoms with van der Waals surface area (Å²) in [6.07, 6.45) is 9.31. The van der Waals surface area contributed by atoms with Gasteiger partial charge in [0.25, 0.3) is 0 Å². The normalized spacial score (nSPS) is 14.8. The second kappa shape index (κ2) is 11.8. The van der Waals surface area contributed by atoms with Crippen molar-refractivity contribution in [3.63, 3.8) is 0 Å². The molecule has 0 heterocycles. The molecule has 2 unspecified atom stereocenters. The number of nitrogens with two attached hydrogens (primary N) is 1. The van der Waals surface area contributed by atoms with Crippen LogP contribution in [0.1, 0.15) is 33.6 Å². The number of aliphatic hydroxyl groups excluding tert-OH is 1. The number of benzene rings is 1. The lowest BCUT2D eigenvalue weighted by molar-refractivity contribution is 0.114.